The number of anilines is 1. The van der Waals surface area contributed by atoms with Crippen molar-refractivity contribution in [3.05, 3.63) is 23.8 Å². The molecule has 1 saturated heterocycles. The average molecular weight is 262 g/mol. The highest BCUT2D eigenvalue weighted by Gasteiger charge is 2.19. The van der Waals surface area contributed by atoms with Gasteiger partial charge in [-0.15, -0.1) is 11.8 Å². The van der Waals surface area contributed by atoms with Crippen LogP contribution >= 0.6 is 11.8 Å². The van der Waals surface area contributed by atoms with Gasteiger partial charge in [0.25, 0.3) is 0 Å². The normalized spacial score (nSPS) is 18.6. The van der Waals surface area contributed by atoms with Gasteiger partial charge in [-0.3, -0.25) is 0 Å². The molecule has 1 heterocycles. The van der Waals surface area contributed by atoms with Crippen LogP contribution in [0.1, 0.15) is 18.4 Å². The Balaban J connectivity index is 2.18. The molecule has 1 aliphatic heterocycles. The molecule has 0 saturated carbocycles. The van der Waals surface area contributed by atoms with Crippen LogP contribution in [-0.2, 0) is 4.74 Å². The first-order valence-electron chi connectivity index (χ1n) is 6.16. The molecule has 3 nitrogen and oxygen atoms in total. The summed E-state index contributed by atoms with van der Waals surface area (Å²) in [4.78, 5) is 3.17. The van der Waals surface area contributed by atoms with Gasteiger partial charge in [0.1, 0.15) is 6.07 Å². The Morgan fingerprint density at radius 2 is 2.39 bits per heavy atom. The van der Waals surface area contributed by atoms with Crippen LogP contribution in [0.5, 0.6) is 0 Å². The van der Waals surface area contributed by atoms with Crippen molar-refractivity contribution < 1.29 is 4.74 Å². The summed E-state index contributed by atoms with van der Waals surface area (Å²) in [5, 5.41) is 9.32. The lowest BCUT2D eigenvalue weighted by Gasteiger charge is -2.24. The zero-order valence-electron chi connectivity index (χ0n) is 10.8. The van der Waals surface area contributed by atoms with Crippen LogP contribution in [0.3, 0.4) is 0 Å². The molecule has 0 radical (unpaired) electrons. The second kappa shape index (κ2) is 6.12. The minimum atomic E-state index is 0.305. The Morgan fingerprint density at radius 3 is 3.00 bits per heavy atom. The molecule has 1 fully saturated rings. The zero-order valence-corrected chi connectivity index (χ0v) is 11.7. The molecule has 1 aromatic rings. The molecule has 0 N–H and O–H groups in total. The van der Waals surface area contributed by atoms with Gasteiger partial charge in [-0.05, 0) is 31.2 Å². The van der Waals surface area contributed by atoms with Crippen LogP contribution in [0.15, 0.2) is 23.1 Å². The van der Waals surface area contributed by atoms with E-state index >= 15 is 0 Å². The molecule has 0 amide bonds. The fourth-order valence-electron chi connectivity index (χ4n) is 2.31. The first-order chi connectivity index (χ1) is 8.76. The zero-order chi connectivity index (χ0) is 13.0. The van der Waals surface area contributed by atoms with Crippen molar-refractivity contribution in [3.8, 4) is 6.07 Å². The van der Waals surface area contributed by atoms with Crippen LogP contribution in [-0.4, -0.2) is 32.6 Å². The molecule has 0 bridgehead atoms. The number of rotatable bonds is 4. The van der Waals surface area contributed by atoms with E-state index in [0.29, 0.717) is 6.10 Å². The van der Waals surface area contributed by atoms with Gasteiger partial charge in [0.2, 0.25) is 0 Å². The maximum atomic E-state index is 9.32. The number of thioether (sulfide) groups is 1. The quantitative estimate of drug-likeness (QED) is 0.782. The van der Waals surface area contributed by atoms with Crippen LogP contribution in [0.25, 0.3) is 0 Å². The molecule has 4 heteroatoms. The summed E-state index contributed by atoms with van der Waals surface area (Å²) in [6.45, 7) is 1.72. The third-order valence-electron chi connectivity index (χ3n) is 3.25. The number of likely N-dealkylation sites (N-methyl/N-ethyl adjacent to an activating group) is 1. The summed E-state index contributed by atoms with van der Waals surface area (Å²) in [6, 6.07) is 8.33. The molecule has 2 rings (SSSR count). The maximum Gasteiger partial charge on any atom is 0.102 e. The Labute approximate surface area is 113 Å². The minimum absolute atomic E-state index is 0.305. The third-order valence-corrected chi connectivity index (χ3v) is 4.03. The Hall–Kier alpha value is -1.18. The van der Waals surface area contributed by atoms with Crippen molar-refractivity contribution in [2.75, 3.05) is 31.4 Å². The third kappa shape index (κ3) is 2.80. The van der Waals surface area contributed by atoms with E-state index in [1.807, 2.05) is 31.5 Å². The molecule has 0 aromatic heterocycles. The fraction of sp³-hybridized carbons (Fsp3) is 0.500. The standard InChI is InChI=1S/C14H18N2OS/c1-16(10-11-5-4-8-17-11)13-6-3-7-14(18-2)12(13)9-15/h3,6-7,11H,4-5,8,10H2,1-2H3. The number of hydrogen-bond acceptors (Lipinski definition) is 4. The second-order valence-corrected chi connectivity index (χ2v) is 5.33. The second-order valence-electron chi connectivity index (χ2n) is 4.48. The lowest BCUT2D eigenvalue weighted by Crippen LogP contribution is -2.29. The molecule has 0 aliphatic carbocycles. The average Bonchev–Trinajstić information content (AvgIpc) is 2.90. The molecular weight excluding hydrogens is 244 g/mol. The summed E-state index contributed by atoms with van der Waals surface area (Å²) in [6.07, 6.45) is 4.57. The number of nitrogens with zero attached hydrogens (tertiary/aromatic N) is 2. The lowest BCUT2D eigenvalue weighted by molar-refractivity contribution is 0.116. The predicted octanol–water partition coefficient (Wildman–Crippen LogP) is 2.90. The summed E-state index contributed by atoms with van der Waals surface area (Å²) in [5.74, 6) is 0. The molecule has 0 spiro atoms. The van der Waals surface area contributed by atoms with Crippen LogP contribution in [0.4, 0.5) is 5.69 Å². The van der Waals surface area contributed by atoms with Crippen molar-refractivity contribution in [2.45, 2.75) is 23.8 Å². The summed E-state index contributed by atoms with van der Waals surface area (Å²) >= 11 is 1.61. The Kier molecular flexibility index (Phi) is 4.51. The van der Waals surface area contributed by atoms with Crippen molar-refractivity contribution in [1.82, 2.24) is 0 Å². The molecule has 18 heavy (non-hydrogen) atoms. The van der Waals surface area contributed by atoms with Crippen molar-refractivity contribution in [1.29, 1.82) is 5.26 Å². The molecular formula is C14H18N2OS. The maximum absolute atomic E-state index is 9.32. The van der Waals surface area contributed by atoms with Gasteiger partial charge in [0, 0.05) is 25.1 Å². The van der Waals surface area contributed by atoms with Gasteiger partial charge in [-0.25, -0.2) is 0 Å². The van der Waals surface area contributed by atoms with Crippen molar-refractivity contribution in [2.24, 2.45) is 0 Å². The number of nitriles is 1. The smallest absolute Gasteiger partial charge is 0.102 e. The van der Waals surface area contributed by atoms with Gasteiger partial charge in [0.05, 0.1) is 17.4 Å². The highest BCUT2D eigenvalue weighted by Crippen LogP contribution is 2.29. The molecule has 1 aromatic carbocycles. The van der Waals surface area contributed by atoms with Crippen LogP contribution < -0.4 is 4.90 Å². The summed E-state index contributed by atoms with van der Waals surface area (Å²) < 4.78 is 5.65. The molecule has 1 atom stereocenters. The van der Waals surface area contributed by atoms with E-state index in [1.54, 1.807) is 11.8 Å². The minimum Gasteiger partial charge on any atom is -0.376 e. The Morgan fingerprint density at radius 1 is 1.56 bits per heavy atom. The van der Waals surface area contributed by atoms with Gasteiger partial charge < -0.3 is 9.64 Å². The summed E-state index contributed by atoms with van der Waals surface area (Å²) in [7, 11) is 2.03. The molecule has 1 unspecified atom stereocenters. The van der Waals surface area contributed by atoms with E-state index < -0.39 is 0 Å². The van der Waals surface area contributed by atoms with E-state index in [9.17, 15) is 5.26 Å². The first-order valence-corrected chi connectivity index (χ1v) is 7.38. The monoisotopic (exact) mass is 262 g/mol. The van der Waals surface area contributed by atoms with Crippen LogP contribution in [0.2, 0.25) is 0 Å². The van der Waals surface area contributed by atoms with E-state index in [-0.39, 0.29) is 0 Å². The number of benzene rings is 1. The Bertz CT molecular complexity index is 450. The summed E-state index contributed by atoms with van der Waals surface area (Å²) in [5.41, 5.74) is 1.77. The lowest BCUT2D eigenvalue weighted by atomic mass is 10.1. The van der Waals surface area contributed by atoms with Gasteiger partial charge in [-0.2, -0.15) is 5.26 Å². The molecule has 1 aliphatic rings. The highest BCUT2D eigenvalue weighted by molar-refractivity contribution is 7.98. The van der Waals surface area contributed by atoms with Gasteiger partial charge >= 0.3 is 0 Å². The van der Waals surface area contributed by atoms with Gasteiger partial charge in [-0.1, -0.05) is 6.07 Å². The number of ether oxygens (including phenoxy) is 1. The predicted molar refractivity (Wildman–Crippen MR) is 75.2 cm³/mol. The number of hydrogen-bond donors (Lipinski definition) is 0. The van der Waals surface area contributed by atoms with E-state index in [4.69, 9.17) is 4.74 Å². The van der Waals surface area contributed by atoms with Gasteiger partial charge in [0.15, 0.2) is 0 Å². The highest BCUT2D eigenvalue weighted by atomic mass is 32.2. The largest absolute Gasteiger partial charge is 0.376 e. The topological polar surface area (TPSA) is 36.3 Å². The fourth-order valence-corrected chi connectivity index (χ4v) is 2.88. The molecule has 96 valence electrons. The van der Waals surface area contributed by atoms with Crippen molar-refractivity contribution >= 4 is 17.4 Å². The van der Waals surface area contributed by atoms with E-state index in [0.717, 1.165) is 42.1 Å². The van der Waals surface area contributed by atoms with E-state index in [2.05, 4.69) is 11.0 Å². The van der Waals surface area contributed by atoms with Crippen molar-refractivity contribution in [3.63, 3.8) is 0 Å². The SMILES string of the molecule is CSc1cccc(N(C)CC2CCCO2)c1C#N. The first kappa shape index (κ1) is 13.3. The van der Waals surface area contributed by atoms with E-state index in [1.165, 1.54) is 0 Å². The van der Waals surface area contributed by atoms with Crippen LogP contribution in [0, 0.1) is 11.3 Å².